The first-order chi connectivity index (χ1) is 19.2. The fourth-order valence-electron chi connectivity index (χ4n) is 5.68. The number of fused-ring (bicyclic) bond motifs is 1. The molecule has 0 unspecified atom stereocenters. The molecule has 1 aliphatic carbocycles. The summed E-state index contributed by atoms with van der Waals surface area (Å²) in [5, 5.41) is 0.962. The molecule has 2 N–H and O–H groups in total. The molecule has 4 aromatic rings. The largest absolute Gasteiger partial charge is 0.461 e. The van der Waals surface area contributed by atoms with Gasteiger partial charge in [-0.25, -0.2) is 13.8 Å². The molecular weight excluding hydrogens is 512 g/mol. The molecule has 1 saturated heterocycles. The molecule has 0 spiro atoms. The second-order valence-corrected chi connectivity index (χ2v) is 11.1. The number of furan rings is 1. The van der Waals surface area contributed by atoms with Crippen LogP contribution in [-0.4, -0.2) is 40.6 Å². The Kier molecular flexibility index (Phi) is 6.64. The highest BCUT2D eigenvalue weighted by Gasteiger charge is 2.43. The van der Waals surface area contributed by atoms with Gasteiger partial charge >= 0.3 is 0 Å². The number of alkyl halides is 2. The quantitative estimate of drug-likeness (QED) is 0.285. The zero-order valence-electron chi connectivity index (χ0n) is 22.3. The third-order valence-corrected chi connectivity index (χ3v) is 8.16. The van der Waals surface area contributed by atoms with Gasteiger partial charge in [0.15, 0.2) is 0 Å². The molecule has 206 valence electrons. The van der Waals surface area contributed by atoms with E-state index in [4.69, 9.17) is 10.2 Å². The third kappa shape index (κ3) is 5.35. The van der Waals surface area contributed by atoms with Gasteiger partial charge < -0.3 is 15.1 Å². The zero-order chi connectivity index (χ0) is 28.0. The Morgan fingerprint density at radius 3 is 2.50 bits per heavy atom. The molecule has 6 rings (SSSR count). The van der Waals surface area contributed by atoms with Gasteiger partial charge in [-0.3, -0.25) is 9.59 Å². The standard InChI is InChI=1S/C32H31F2N3O3/c1-19-14-23(20-2-4-21(5-3-20)31(39)37-12-10-32(33,34)11-13-37)15-24-16-25(40-30(19)24)7-8-28(38)27-17-26(27)22-6-9-29(35)36-18-22/h2-6,9,14-16,18,26-27H,7-8,10-13,17H2,1H3,(H2,35,36)/t26-,27+/m1/s1. The van der Waals surface area contributed by atoms with Crippen LogP contribution in [0.25, 0.3) is 22.1 Å². The predicted molar refractivity (Wildman–Crippen MR) is 149 cm³/mol. The van der Waals surface area contributed by atoms with Crippen LogP contribution in [0.15, 0.2) is 65.2 Å². The Bertz CT molecular complexity index is 1570. The van der Waals surface area contributed by atoms with Crippen molar-refractivity contribution in [3.8, 4) is 11.1 Å². The molecule has 6 nitrogen and oxygen atoms in total. The summed E-state index contributed by atoms with van der Waals surface area (Å²) >= 11 is 0. The van der Waals surface area contributed by atoms with Gasteiger partial charge in [0.2, 0.25) is 0 Å². The topological polar surface area (TPSA) is 89.4 Å². The van der Waals surface area contributed by atoms with E-state index in [-0.39, 0.29) is 49.5 Å². The molecule has 1 amide bonds. The first-order valence-electron chi connectivity index (χ1n) is 13.7. The van der Waals surface area contributed by atoms with E-state index >= 15 is 0 Å². The number of aryl methyl sites for hydroxylation is 2. The number of amides is 1. The number of nitrogens with two attached hydrogens (primary N) is 1. The maximum absolute atomic E-state index is 13.5. The lowest BCUT2D eigenvalue weighted by Crippen LogP contribution is -2.42. The molecule has 2 aromatic carbocycles. The summed E-state index contributed by atoms with van der Waals surface area (Å²) in [7, 11) is 0. The van der Waals surface area contributed by atoms with Crippen LogP contribution >= 0.6 is 0 Å². The Morgan fingerprint density at radius 2 is 1.80 bits per heavy atom. The number of pyridine rings is 1. The van der Waals surface area contributed by atoms with Gasteiger partial charge in [-0.1, -0.05) is 18.2 Å². The lowest BCUT2D eigenvalue weighted by atomic mass is 9.99. The Hall–Kier alpha value is -4.07. The number of halogens is 2. The lowest BCUT2D eigenvalue weighted by Gasteiger charge is -2.31. The average Bonchev–Trinajstić information content (AvgIpc) is 3.63. The van der Waals surface area contributed by atoms with Crippen molar-refractivity contribution in [1.82, 2.24) is 9.88 Å². The molecule has 3 heterocycles. The molecule has 2 aliphatic rings. The monoisotopic (exact) mass is 543 g/mol. The molecular formula is C32H31F2N3O3. The van der Waals surface area contributed by atoms with Crippen LogP contribution in [0.2, 0.25) is 0 Å². The van der Waals surface area contributed by atoms with Gasteiger partial charge in [-0.15, -0.1) is 0 Å². The van der Waals surface area contributed by atoms with E-state index in [0.717, 1.165) is 45.4 Å². The highest BCUT2D eigenvalue weighted by atomic mass is 19.3. The van der Waals surface area contributed by atoms with Crippen LogP contribution in [-0.2, 0) is 11.2 Å². The van der Waals surface area contributed by atoms with Crippen molar-refractivity contribution >= 4 is 28.5 Å². The molecule has 1 aliphatic heterocycles. The van der Waals surface area contributed by atoms with Gasteiger partial charge in [0.05, 0.1) is 0 Å². The Morgan fingerprint density at radius 1 is 1.05 bits per heavy atom. The van der Waals surface area contributed by atoms with Crippen molar-refractivity contribution in [2.75, 3.05) is 18.8 Å². The van der Waals surface area contributed by atoms with Crippen LogP contribution in [0.4, 0.5) is 14.6 Å². The molecule has 2 aromatic heterocycles. The summed E-state index contributed by atoms with van der Waals surface area (Å²) in [4.78, 5) is 31.2. The molecule has 2 fully saturated rings. The number of hydrogen-bond donors (Lipinski definition) is 1. The van der Waals surface area contributed by atoms with Crippen molar-refractivity contribution < 1.29 is 22.8 Å². The summed E-state index contributed by atoms with van der Waals surface area (Å²) in [5.74, 6) is -1.13. The summed E-state index contributed by atoms with van der Waals surface area (Å²) in [6.07, 6.45) is 3.00. The maximum Gasteiger partial charge on any atom is 0.253 e. The molecule has 0 radical (unpaired) electrons. The fraction of sp³-hybridized carbons (Fsp3) is 0.344. The number of anilines is 1. The minimum absolute atomic E-state index is 0.0360. The predicted octanol–water partition coefficient (Wildman–Crippen LogP) is 6.56. The minimum Gasteiger partial charge on any atom is -0.461 e. The highest BCUT2D eigenvalue weighted by Crippen LogP contribution is 2.48. The van der Waals surface area contributed by atoms with Crippen LogP contribution in [0.5, 0.6) is 0 Å². The average molecular weight is 544 g/mol. The zero-order valence-corrected chi connectivity index (χ0v) is 22.3. The molecule has 1 saturated carbocycles. The fourth-order valence-corrected chi connectivity index (χ4v) is 5.68. The lowest BCUT2D eigenvalue weighted by molar-refractivity contribution is -0.120. The number of nitrogen functional groups attached to an aromatic ring is 1. The number of ketones is 1. The number of aromatic nitrogens is 1. The summed E-state index contributed by atoms with van der Waals surface area (Å²) in [6, 6.07) is 17.1. The summed E-state index contributed by atoms with van der Waals surface area (Å²) in [6.45, 7) is 2.13. The number of likely N-dealkylation sites (tertiary alicyclic amines) is 1. The Labute approximate surface area is 231 Å². The number of hydrogen-bond acceptors (Lipinski definition) is 5. The molecule has 40 heavy (non-hydrogen) atoms. The maximum atomic E-state index is 13.5. The second kappa shape index (κ2) is 10.2. The normalized spacial score (nSPS) is 20.0. The van der Waals surface area contributed by atoms with Crippen molar-refractivity contribution in [3.05, 3.63) is 83.2 Å². The van der Waals surface area contributed by atoms with Gasteiger partial charge in [0, 0.05) is 61.8 Å². The molecule has 2 atom stereocenters. The smallest absolute Gasteiger partial charge is 0.253 e. The van der Waals surface area contributed by atoms with Gasteiger partial charge in [-0.05, 0) is 77.9 Å². The van der Waals surface area contributed by atoms with E-state index in [1.807, 2.05) is 43.3 Å². The van der Waals surface area contributed by atoms with Crippen molar-refractivity contribution in [3.63, 3.8) is 0 Å². The van der Waals surface area contributed by atoms with Crippen LogP contribution < -0.4 is 5.73 Å². The number of nitrogens with zero attached hydrogens (tertiary/aromatic N) is 2. The molecule has 8 heteroatoms. The third-order valence-electron chi connectivity index (χ3n) is 8.16. The second-order valence-electron chi connectivity index (χ2n) is 11.1. The highest BCUT2D eigenvalue weighted by molar-refractivity contribution is 5.95. The number of piperidine rings is 1. The number of rotatable bonds is 7. The number of carbonyl (C=O) groups is 2. The van der Waals surface area contributed by atoms with Crippen molar-refractivity contribution in [1.29, 1.82) is 0 Å². The van der Waals surface area contributed by atoms with Gasteiger partial charge in [-0.2, -0.15) is 0 Å². The number of Topliss-reactive ketones (excluding diaryl/α,β-unsaturated/α-hetero) is 1. The number of benzene rings is 2. The van der Waals surface area contributed by atoms with E-state index in [1.54, 1.807) is 24.4 Å². The van der Waals surface area contributed by atoms with Gasteiger partial charge in [0.1, 0.15) is 22.9 Å². The first-order valence-corrected chi connectivity index (χ1v) is 13.7. The van der Waals surface area contributed by atoms with Crippen molar-refractivity contribution in [2.45, 2.75) is 50.9 Å². The van der Waals surface area contributed by atoms with E-state index in [9.17, 15) is 18.4 Å². The van der Waals surface area contributed by atoms with E-state index in [0.29, 0.717) is 24.2 Å². The van der Waals surface area contributed by atoms with Crippen LogP contribution in [0, 0.1) is 12.8 Å². The Balaban J connectivity index is 1.10. The van der Waals surface area contributed by atoms with E-state index in [1.165, 1.54) is 4.90 Å². The SMILES string of the molecule is Cc1cc(-c2ccc(C(=O)N3CCC(F)(F)CC3)cc2)cc2cc(CCC(=O)[C@H]3C[C@@H]3c3ccc(N)nc3)oc12. The molecule has 0 bridgehead atoms. The van der Waals surface area contributed by atoms with Crippen LogP contribution in [0.3, 0.4) is 0 Å². The first kappa shape index (κ1) is 26.2. The minimum atomic E-state index is -2.68. The van der Waals surface area contributed by atoms with Crippen LogP contribution in [0.1, 0.15) is 58.8 Å². The summed E-state index contributed by atoms with van der Waals surface area (Å²) < 4.78 is 33.0. The van der Waals surface area contributed by atoms with E-state index in [2.05, 4.69) is 4.98 Å². The number of carbonyl (C=O) groups excluding carboxylic acids is 2. The van der Waals surface area contributed by atoms with E-state index < -0.39 is 5.92 Å². The summed E-state index contributed by atoms with van der Waals surface area (Å²) in [5.41, 5.74) is 10.9. The van der Waals surface area contributed by atoms with Crippen molar-refractivity contribution in [2.24, 2.45) is 5.92 Å². The van der Waals surface area contributed by atoms with Gasteiger partial charge in [0.25, 0.3) is 11.8 Å².